The van der Waals surface area contributed by atoms with Gasteiger partial charge < -0.3 is 10.0 Å². The zero-order valence-corrected chi connectivity index (χ0v) is 10.3. The van der Waals surface area contributed by atoms with Gasteiger partial charge in [-0.05, 0) is 39.9 Å². The van der Waals surface area contributed by atoms with E-state index in [1.165, 1.54) is 0 Å². The zero-order valence-electron chi connectivity index (χ0n) is 10.3. The van der Waals surface area contributed by atoms with Gasteiger partial charge in [0.2, 0.25) is 0 Å². The number of hydrogen-bond donors (Lipinski definition) is 1. The normalized spacial score (nSPS) is 11.8. The minimum atomic E-state index is -0.863. The third-order valence-electron chi connectivity index (χ3n) is 3.29. The summed E-state index contributed by atoms with van der Waals surface area (Å²) in [5.41, 5.74) is 0.116. The Morgan fingerprint density at radius 3 is 2.07 bits per heavy atom. The average molecular weight is 213 g/mol. The molecule has 0 aliphatic rings. The monoisotopic (exact) mass is 213 g/mol. The standard InChI is InChI=1S/C12H23NO2/c1-6-12(7-2,8-9-13(4)5)10(3)11(14)15/h3,6-9H2,1-2,4-5H3,(H,14,15). The fourth-order valence-electron chi connectivity index (χ4n) is 1.85. The lowest BCUT2D eigenvalue weighted by atomic mass is 9.73. The van der Waals surface area contributed by atoms with Gasteiger partial charge in [-0.3, -0.25) is 0 Å². The van der Waals surface area contributed by atoms with Crippen LogP contribution in [0.2, 0.25) is 0 Å². The maximum atomic E-state index is 11.0. The molecule has 15 heavy (non-hydrogen) atoms. The predicted octanol–water partition coefficient (Wildman–Crippen LogP) is 2.39. The molecule has 0 rings (SSSR count). The molecular weight excluding hydrogens is 190 g/mol. The van der Waals surface area contributed by atoms with Gasteiger partial charge in [-0.25, -0.2) is 4.79 Å². The predicted molar refractivity (Wildman–Crippen MR) is 63.0 cm³/mol. The Bertz CT molecular complexity index is 230. The summed E-state index contributed by atoms with van der Waals surface area (Å²) >= 11 is 0. The molecule has 0 aliphatic heterocycles. The first-order chi connectivity index (χ1) is 6.89. The van der Waals surface area contributed by atoms with E-state index in [4.69, 9.17) is 5.11 Å². The second kappa shape index (κ2) is 5.91. The number of carboxylic acid groups (broad SMARTS) is 1. The highest BCUT2D eigenvalue weighted by atomic mass is 16.4. The molecule has 0 amide bonds. The SMILES string of the molecule is C=C(C(=O)O)C(CC)(CC)CCN(C)C. The molecule has 1 N–H and O–H groups in total. The first kappa shape index (κ1) is 14.2. The van der Waals surface area contributed by atoms with E-state index in [1.54, 1.807) is 0 Å². The summed E-state index contributed by atoms with van der Waals surface area (Å²) in [4.78, 5) is 13.1. The smallest absolute Gasteiger partial charge is 0.331 e. The number of nitrogens with zero attached hydrogens (tertiary/aromatic N) is 1. The Morgan fingerprint density at radius 1 is 1.33 bits per heavy atom. The van der Waals surface area contributed by atoms with Crippen molar-refractivity contribution in [2.45, 2.75) is 33.1 Å². The van der Waals surface area contributed by atoms with Gasteiger partial charge in [0.25, 0.3) is 0 Å². The van der Waals surface area contributed by atoms with Crippen molar-refractivity contribution in [3.63, 3.8) is 0 Å². The summed E-state index contributed by atoms with van der Waals surface area (Å²) in [5, 5.41) is 9.03. The quantitative estimate of drug-likeness (QED) is 0.660. The Balaban J connectivity index is 4.72. The van der Waals surface area contributed by atoms with Crippen LogP contribution < -0.4 is 0 Å². The molecule has 0 saturated heterocycles. The van der Waals surface area contributed by atoms with Gasteiger partial charge in [-0.15, -0.1) is 0 Å². The van der Waals surface area contributed by atoms with Crippen LogP contribution in [-0.4, -0.2) is 36.6 Å². The van der Waals surface area contributed by atoms with E-state index in [9.17, 15) is 4.79 Å². The molecule has 0 spiro atoms. The Hall–Kier alpha value is -0.830. The second-order valence-electron chi connectivity index (χ2n) is 4.32. The van der Waals surface area contributed by atoms with E-state index in [1.807, 2.05) is 27.9 Å². The molecular formula is C12H23NO2. The third kappa shape index (κ3) is 3.67. The highest BCUT2D eigenvalue weighted by Gasteiger charge is 2.33. The molecule has 0 fully saturated rings. The zero-order chi connectivity index (χ0) is 12.1. The van der Waals surface area contributed by atoms with Gasteiger partial charge in [-0.1, -0.05) is 20.4 Å². The van der Waals surface area contributed by atoms with Crippen LogP contribution in [0.3, 0.4) is 0 Å². The summed E-state index contributed by atoms with van der Waals surface area (Å²) in [6.07, 6.45) is 2.53. The highest BCUT2D eigenvalue weighted by molar-refractivity contribution is 5.87. The van der Waals surface area contributed by atoms with Gasteiger partial charge in [0.15, 0.2) is 0 Å². The number of carboxylic acids is 1. The van der Waals surface area contributed by atoms with Crippen LogP contribution in [0.25, 0.3) is 0 Å². The highest BCUT2D eigenvalue weighted by Crippen LogP contribution is 2.37. The van der Waals surface area contributed by atoms with Gasteiger partial charge in [0, 0.05) is 11.0 Å². The number of carbonyl (C=O) groups is 1. The van der Waals surface area contributed by atoms with Gasteiger partial charge in [0.1, 0.15) is 0 Å². The van der Waals surface area contributed by atoms with Crippen molar-refractivity contribution in [1.82, 2.24) is 4.90 Å². The number of rotatable bonds is 7. The fraction of sp³-hybridized carbons (Fsp3) is 0.750. The largest absolute Gasteiger partial charge is 0.478 e. The van der Waals surface area contributed by atoms with Gasteiger partial charge in [-0.2, -0.15) is 0 Å². The lowest BCUT2D eigenvalue weighted by molar-refractivity contribution is -0.134. The van der Waals surface area contributed by atoms with Crippen molar-refractivity contribution in [2.75, 3.05) is 20.6 Å². The number of aliphatic carboxylic acids is 1. The van der Waals surface area contributed by atoms with Crippen LogP contribution in [0.15, 0.2) is 12.2 Å². The molecule has 3 heteroatoms. The summed E-state index contributed by atoms with van der Waals surface area (Å²) < 4.78 is 0. The van der Waals surface area contributed by atoms with E-state index in [-0.39, 0.29) is 5.41 Å². The molecule has 0 aromatic carbocycles. The minimum absolute atomic E-state index is 0.240. The summed E-state index contributed by atoms with van der Waals surface area (Å²) in [6, 6.07) is 0. The first-order valence-electron chi connectivity index (χ1n) is 5.47. The van der Waals surface area contributed by atoms with E-state index < -0.39 is 5.97 Å². The van der Waals surface area contributed by atoms with Crippen LogP contribution in [-0.2, 0) is 4.79 Å². The molecule has 0 heterocycles. The van der Waals surface area contributed by atoms with Crippen LogP contribution in [0.1, 0.15) is 33.1 Å². The lowest BCUT2D eigenvalue weighted by Gasteiger charge is -2.33. The Labute approximate surface area is 92.8 Å². The molecule has 0 unspecified atom stereocenters. The maximum absolute atomic E-state index is 11.0. The van der Waals surface area contributed by atoms with Crippen molar-refractivity contribution in [3.8, 4) is 0 Å². The number of hydrogen-bond acceptors (Lipinski definition) is 2. The lowest BCUT2D eigenvalue weighted by Crippen LogP contribution is -2.30. The minimum Gasteiger partial charge on any atom is -0.478 e. The van der Waals surface area contributed by atoms with Crippen LogP contribution >= 0.6 is 0 Å². The second-order valence-corrected chi connectivity index (χ2v) is 4.32. The molecule has 0 bridgehead atoms. The maximum Gasteiger partial charge on any atom is 0.331 e. The Morgan fingerprint density at radius 2 is 1.80 bits per heavy atom. The van der Waals surface area contributed by atoms with Gasteiger partial charge >= 0.3 is 5.97 Å². The van der Waals surface area contributed by atoms with Gasteiger partial charge in [0.05, 0.1) is 0 Å². The molecule has 0 aliphatic carbocycles. The van der Waals surface area contributed by atoms with Crippen LogP contribution in [0.4, 0.5) is 0 Å². The molecule has 3 nitrogen and oxygen atoms in total. The molecule has 0 aromatic rings. The van der Waals surface area contributed by atoms with Crippen molar-refractivity contribution < 1.29 is 9.90 Å². The molecule has 0 radical (unpaired) electrons. The third-order valence-corrected chi connectivity index (χ3v) is 3.29. The Kier molecular flexibility index (Phi) is 5.58. The van der Waals surface area contributed by atoms with Crippen molar-refractivity contribution in [2.24, 2.45) is 5.41 Å². The molecule has 0 aromatic heterocycles. The van der Waals surface area contributed by atoms with Crippen molar-refractivity contribution in [1.29, 1.82) is 0 Å². The molecule has 0 saturated carbocycles. The average Bonchev–Trinajstić information content (AvgIpc) is 2.19. The fourth-order valence-corrected chi connectivity index (χ4v) is 1.85. The van der Waals surface area contributed by atoms with E-state index >= 15 is 0 Å². The molecule has 0 atom stereocenters. The van der Waals surface area contributed by atoms with Crippen LogP contribution in [0, 0.1) is 5.41 Å². The summed E-state index contributed by atoms with van der Waals surface area (Å²) in [6.45, 7) is 8.70. The van der Waals surface area contributed by atoms with Crippen molar-refractivity contribution in [3.05, 3.63) is 12.2 Å². The molecule has 88 valence electrons. The van der Waals surface area contributed by atoms with Crippen LogP contribution in [0.5, 0.6) is 0 Å². The topological polar surface area (TPSA) is 40.5 Å². The summed E-state index contributed by atoms with van der Waals surface area (Å²) in [5.74, 6) is -0.863. The van der Waals surface area contributed by atoms with E-state index in [0.29, 0.717) is 5.57 Å². The first-order valence-corrected chi connectivity index (χ1v) is 5.47. The van der Waals surface area contributed by atoms with Crippen molar-refractivity contribution >= 4 is 5.97 Å². The summed E-state index contributed by atoms with van der Waals surface area (Å²) in [7, 11) is 4.00. The van der Waals surface area contributed by atoms with E-state index in [2.05, 4.69) is 11.5 Å². The van der Waals surface area contributed by atoms with E-state index in [0.717, 1.165) is 25.8 Å².